The molecule has 0 aliphatic rings. The number of aryl methyl sites for hydroxylation is 2. The number of nitrogen functional groups attached to an aromatic ring is 1. The van der Waals surface area contributed by atoms with Crippen LogP contribution in [0.4, 0.5) is 10.3 Å². The average molecular weight is 318 g/mol. The molecule has 0 saturated heterocycles. The lowest BCUT2D eigenvalue weighted by atomic mass is 10.2. The summed E-state index contributed by atoms with van der Waals surface area (Å²) < 4.78 is 16.8. The topological polar surface area (TPSA) is 99.9 Å². The third-order valence-corrected chi connectivity index (χ3v) is 3.74. The quantitative estimate of drug-likeness (QED) is 0.519. The van der Waals surface area contributed by atoms with Gasteiger partial charge in [-0.1, -0.05) is 12.1 Å². The molecule has 8 nitrogen and oxygen atoms in total. The minimum atomic E-state index is -0.506. The molecule has 0 saturated carbocycles. The van der Waals surface area contributed by atoms with Crippen molar-refractivity contribution in [2.45, 2.75) is 6.54 Å². The Balaban J connectivity index is 2.25. The van der Waals surface area contributed by atoms with Gasteiger partial charge in [-0.15, -0.1) is 0 Å². The second kappa shape index (κ2) is 5.36. The molecular formula is C14H15FN6O2. The summed E-state index contributed by atoms with van der Waals surface area (Å²) in [7, 11) is 3.15. The SMILES string of the molecule is Cn1c(NN)nc2c1c(=O)n(Cc1ccc(F)cc1)c(=O)n2C. The van der Waals surface area contributed by atoms with Crippen LogP contribution in [-0.4, -0.2) is 18.7 Å². The summed E-state index contributed by atoms with van der Waals surface area (Å²) in [6.45, 7) is 0.0400. The molecule has 0 unspecified atom stereocenters. The molecule has 9 heteroatoms. The van der Waals surface area contributed by atoms with Crippen molar-refractivity contribution in [1.82, 2.24) is 18.7 Å². The molecule has 23 heavy (non-hydrogen) atoms. The smallest absolute Gasteiger partial charge is 0.306 e. The lowest BCUT2D eigenvalue weighted by molar-refractivity contribution is 0.623. The number of hydrogen-bond acceptors (Lipinski definition) is 5. The monoisotopic (exact) mass is 318 g/mol. The molecule has 3 aromatic rings. The number of hydrogen-bond donors (Lipinski definition) is 2. The molecule has 0 aliphatic heterocycles. The van der Waals surface area contributed by atoms with E-state index in [1.54, 1.807) is 7.05 Å². The van der Waals surface area contributed by atoms with Gasteiger partial charge in [0, 0.05) is 14.1 Å². The first-order valence-corrected chi connectivity index (χ1v) is 6.81. The number of nitrogens with two attached hydrogens (primary N) is 1. The summed E-state index contributed by atoms with van der Waals surface area (Å²) in [5.41, 5.74) is 2.53. The van der Waals surface area contributed by atoms with Gasteiger partial charge in [-0.25, -0.2) is 15.0 Å². The first-order chi connectivity index (χ1) is 10.9. The maximum absolute atomic E-state index is 13.0. The van der Waals surface area contributed by atoms with Crippen molar-refractivity contribution in [3.05, 3.63) is 56.5 Å². The van der Waals surface area contributed by atoms with Crippen molar-refractivity contribution in [2.75, 3.05) is 5.43 Å². The molecule has 120 valence electrons. The third kappa shape index (κ3) is 2.30. The van der Waals surface area contributed by atoms with Crippen molar-refractivity contribution in [1.29, 1.82) is 0 Å². The van der Waals surface area contributed by atoms with Crippen LogP contribution in [0.25, 0.3) is 11.2 Å². The Bertz CT molecular complexity index is 999. The van der Waals surface area contributed by atoms with Crippen molar-refractivity contribution < 1.29 is 4.39 Å². The summed E-state index contributed by atoms with van der Waals surface area (Å²) in [4.78, 5) is 29.2. The van der Waals surface area contributed by atoms with Crippen LogP contribution in [0, 0.1) is 5.82 Å². The van der Waals surface area contributed by atoms with Crippen molar-refractivity contribution in [2.24, 2.45) is 19.9 Å². The van der Waals surface area contributed by atoms with E-state index in [0.29, 0.717) is 5.56 Å². The van der Waals surface area contributed by atoms with Gasteiger partial charge in [0.25, 0.3) is 5.56 Å². The number of imidazole rings is 1. The minimum absolute atomic E-state index is 0.0400. The Morgan fingerprint density at radius 2 is 1.83 bits per heavy atom. The predicted molar refractivity (Wildman–Crippen MR) is 83.5 cm³/mol. The molecular weight excluding hydrogens is 303 g/mol. The molecule has 2 aromatic heterocycles. The Morgan fingerprint density at radius 3 is 2.43 bits per heavy atom. The zero-order valence-corrected chi connectivity index (χ0v) is 12.6. The number of aromatic nitrogens is 4. The van der Waals surface area contributed by atoms with Crippen LogP contribution >= 0.6 is 0 Å². The number of rotatable bonds is 3. The van der Waals surface area contributed by atoms with Gasteiger partial charge < -0.3 is 4.57 Å². The van der Waals surface area contributed by atoms with Crippen LogP contribution in [0.1, 0.15) is 5.56 Å². The van der Waals surface area contributed by atoms with Crippen molar-refractivity contribution in [3.8, 4) is 0 Å². The predicted octanol–water partition coefficient (Wildman–Crippen LogP) is -0.0933. The molecule has 0 radical (unpaired) electrons. The number of hydrazine groups is 1. The van der Waals surface area contributed by atoms with Crippen LogP contribution in [0.3, 0.4) is 0 Å². The highest BCUT2D eigenvalue weighted by Gasteiger charge is 2.18. The second-order valence-corrected chi connectivity index (χ2v) is 5.17. The maximum atomic E-state index is 13.0. The Labute approximate surface area is 129 Å². The van der Waals surface area contributed by atoms with Gasteiger partial charge in [0.1, 0.15) is 5.82 Å². The van der Waals surface area contributed by atoms with Gasteiger partial charge in [0.05, 0.1) is 6.54 Å². The van der Waals surface area contributed by atoms with E-state index in [9.17, 15) is 14.0 Å². The molecule has 1 aromatic carbocycles. The second-order valence-electron chi connectivity index (χ2n) is 5.17. The maximum Gasteiger partial charge on any atom is 0.332 e. The summed E-state index contributed by atoms with van der Waals surface area (Å²) in [6, 6.07) is 5.62. The van der Waals surface area contributed by atoms with Gasteiger partial charge in [-0.05, 0) is 17.7 Å². The lowest BCUT2D eigenvalue weighted by Gasteiger charge is -2.08. The fraction of sp³-hybridized carbons (Fsp3) is 0.214. The average Bonchev–Trinajstić information content (AvgIpc) is 2.88. The minimum Gasteiger partial charge on any atom is -0.306 e. The standard InChI is InChI=1S/C14H15FN6O2/c1-19-10-11(17-13(19)18-16)20(2)14(23)21(12(10)22)7-8-3-5-9(15)6-4-8/h3-6H,7,16H2,1-2H3,(H,17,18). The van der Waals surface area contributed by atoms with Gasteiger partial charge in [-0.2, -0.15) is 4.98 Å². The van der Waals surface area contributed by atoms with E-state index < -0.39 is 11.2 Å². The zero-order chi connectivity index (χ0) is 16.7. The normalized spacial score (nSPS) is 11.1. The number of fused-ring (bicyclic) bond motifs is 1. The van der Waals surface area contributed by atoms with E-state index in [-0.39, 0.29) is 29.5 Å². The van der Waals surface area contributed by atoms with E-state index in [1.807, 2.05) is 0 Å². The van der Waals surface area contributed by atoms with Crippen LogP contribution in [0.2, 0.25) is 0 Å². The summed E-state index contributed by atoms with van der Waals surface area (Å²) >= 11 is 0. The van der Waals surface area contributed by atoms with Crippen LogP contribution in [0.5, 0.6) is 0 Å². The highest BCUT2D eigenvalue weighted by molar-refractivity contribution is 5.73. The van der Waals surface area contributed by atoms with Gasteiger partial charge in [0.15, 0.2) is 11.2 Å². The zero-order valence-electron chi connectivity index (χ0n) is 12.6. The molecule has 3 N–H and O–H groups in total. The van der Waals surface area contributed by atoms with E-state index in [4.69, 9.17) is 5.84 Å². The third-order valence-electron chi connectivity index (χ3n) is 3.74. The molecule has 0 bridgehead atoms. The lowest BCUT2D eigenvalue weighted by Crippen LogP contribution is -2.39. The number of halogens is 1. The molecule has 3 rings (SSSR count). The van der Waals surface area contributed by atoms with Crippen LogP contribution < -0.4 is 22.5 Å². The van der Waals surface area contributed by atoms with Crippen LogP contribution in [-0.2, 0) is 20.6 Å². The summed E-state index contributed by atoms with van der Waals surface area (Å²) in [5, 5.41) is 0. The van der Waals surface area contributed by atoms with E-state index in [1.165, 1.54) is 40.4 Å². The number of anilines is 1. The van der Waals surface area contributed by atoms with E-state index in [0.717, 1.165) is 4.57 Å². The van der Waals surface area contributed by atoms with E-state index >= 15 is 0 Å². The fourth-order valence-corrected chi connectivity index (χ4v) is 2.48. The number of nitrogens with zero attached hydrogens (tertiary/aromatic N) is 4. The Morgan fingerprint density at radius 1 is 1.17 bits per heavy atom. The van der Waals surface area contributed by atoms with Crippen molar-refractivity contribution in [3.63, 3.8) is 0 Å². The molecule has 0 spiro atoms. The first kappa shape index (κ1) is 15.0. The molecule has 0 fully saturated rings. The number of nitrogens with one attached hydrogen (secondary N) is 1. The fourth-order valence-electron chi connectivity index (χ4n) is 2.48. The van der Waals surface area contributed by atoms with Gasteiger partial charge in [-0.3, -0.25) is 19.4 Å². The van der Waals surface area contributed by atoms with Crippen molar-refractivity contribution >= 4 is 17.1 Å². The number of benzene rings is 1. The first-order valence-electron chi connectivity index (χ1n) is 6.81. The van der Waals surface area contributed by atoms with Gasteiger partial charge >= 0.3 is 5.69 Å². The largest absolute Gasteiger partial charge is 0.332 e. The molecule has 0 amide bonds. The Kier molecular flexibility index (Phi) is 3.49. The van der Waals surface area contributed by atoms with E-state index in [2.05, 4.69) is 10.4 Å². The van der Waals surface area contributed by atoms with Gasteiger partial charge in [0.2, 0.25) is 5.95 Å². The summed E-state index contributed by atoms with van der Waals surface area (Å²) in [5.74, 6) is 5.25. The highest BCUT2D eigenvalue weighted by atomic mass is 19.1. The Hall–Kier alpha value is -2.94. The molecule has 2 heterocycles. The van der Waals surface area contributed by atoms with Crippen LogP contribution in [0.15, 0.2) is 33.9 Å². The molecule has 0 atom stereocenters. The highest BCUT2D eigenvalue weighted by Crippen LogP contribution is 2.12. The molecule has 0 aliphatic carbocycles. The summed E-state index contributed by atoms with van der Waals surface area (Å²) in [6.07, 6.45) is 0.